The molecule has 1 unspecified atom stereocenters. The van der Waals surface area contributed by atoms with Crippen molar-refractivity contribution in [1.82, 2.24) is 5.43 Å². The highest BCUT2D eigenvalue weighted by Crippen LogP contribution is 2.28. The van der Waals surface area contributed by atoms with Gasteiger partial charge in [-0.3, -0.25) is 4.79 Å². The molecule has 0 fully saturated rings. The van der Waals surface area contributed by atoms with E-state index in [4.69, 9.17) is 27.9 Å². The van der Waals surface area contributed by atoms with Crippen LogP contribution in [0.4, 0.5) is 0 Å². The van der Waals surface area contributed by atoms with Crippen molar-refractivity contribution in [1.29, 1.82) is 0 Å². The number of hydrogen-bond donors (Lipinski definition) is 1. The second-order valence-corrected chi connectivity index (χ2v) is 5.75. The van der Waals surface area contributed by atoms with E-state index in [1.54, 1.807) is 42.7 Å². The van der Waals surface area contributed by atoms with Gasteiger partial charge in [0.1, 0.15) is 5.75 Å². The van der Waals surface area contributed by atoms with Gasteiger partial charge in [0.2, 0.25) is 0 Å². The summed E-state index contributed by atoms with van der Waals surface area (Å²) in [6.45, 7) is 1.61. The summed E-state index contributed by atoms with van der Waals surface area (Å²) in [5.41, 5.74) is 3.34. The largest absolute Gasteiger partial charge is 0.479 e. The van der Waals surface area contributed by atoms with Crippen LogP contribution in [0.3, 0.4) is 0 Å². The lowest BCUT2D eigenvalue weighted by Crippen LogP contribution is -2.33. The number of benzene rings is 1. The molecular formula is C14H12Cl2N2O2S. The summed E-state index contributed by atoms with van der Waals surface area (Å²) in [6, 6.07) is 6.71. The Kier molecular flexibility index (Phi) is 5.61. The van der Waals surface area contributed by atoms with Gasteiger partial charge in [0.15, 0.2) is 6.10 Å². The number of rotatable bonds is 5. The molecule has 4 nitrogen and oxygen atoms in total. The van der Waals surface area contributed by atoms with Crippen molar-refractivity contribution in [3.8, 4) is 5.75 Å². The highest BCUT2D eigenvalue weighted by Gasteiger charge is 2.15. The molecule has 1 N–H and O–H groups in total. The summed E-state index contributed by atoms with van der Waals surface area (Å²) in [5.74, 6) is 0.0260. The number of nitrogens with zero attached hydrogens (tertiary/aromatic N) is 1. The minimum Gasteiger partial charge on any atom is -0.479 e. The maximum Gasteiger partial charge on any atom is 0.280 e. The summed E-state index contributed by atoms with van der Waals surface area (Å²) >= 11 is 13.3. The highest BCUT2D eigenvalue weighted by molar-refractivity contribution is 7.08. The zero-order valence-electron chi connectivity index (χ0n) is 11.0. The molecule has 21 heavy (non-hydrogen) atoms. The lowest BCUT2D eigenvalue weighted by Gasteiger charge is -2.14. The Morgan fingerprint density at radius 3 is 2.90 bits per heavy atom. The molecule has 1 atom stereocenters. The summed E-state index contributed by atoms with van der Waals surface area (Å²) in [7, 11) is 0. The van der Waals surface area contributed by atoms with E-state index in [0.717, 1.165) is 5.56 Å². The van der Waals surface area contributed by atoms with Crippen LogP contribution in [0.25, 0.3) is 0 Å². The lowest BCUT2D eigenvalue weighted by atomic mass is 10.3. The van der Waals surface area contributed by atoms with Gasteiger partial charge in [-0.2, -0.15) is 16.4 Å². The summed E-state index contributed by atoms with van der Waals surface area (Å²) < 4.78 is 5.48. The van der Waals surface area contributed by atoms with E-state index in [1.165, 1.54) is 0 Å². The SMILES string of the molecule is CC(Oc1ccc(Cl)cc1Cl)C(=O)NN=Cc1ccsc1. The van der Waals surface area contributed by atoms with Gasteiger partial charge in [0.05, 0.1) is 11.2 Å². The van der Waals surface area contributed by atoms with Gasteiger partial charge in [-0.05, 0) is 41.9 Å². The molecule has 0 saturated heterocycles. The number of carbonyl (C=O) groups excluding carboxylic acids is 1. The van der Waals surface area contributed by atoms with Crippen molar-refractivity contribution >= 4 is 46.7 Å². The van der Waals surface area contributed by atoms with Crippen molar-refractivity contribution in [3.63, 3.8) is 0 Å². The van der Waals surface area contributed by atoms with E-state index in [2.05, 4.69) is 10.5 Å². The number of thiophene rings is 1. The minimum atomic E-state index is -0.733. The van der Waals surface area contributed by atoms with Crippen LogP contribution in [0.15, 0.2) is 40.1 Å². The molecule has 1 aromatic carbocycles. The lowest BCUT2D eigenvalue weighted by molar-refractivity contribution is -0.127. The zero-order valence-corrected chi connectivity index (χ0v) is 13.4. The Hall–Kier alpha value is -1.56. The molecule has 1 heterocycles. The number of hydrogen-bond acceptors (Lipinski definition) is 4. The van der Waals surface area contributed by atoms with Crippen LogP contribution in [-0.4, -0.2) is 18.2 Å². The van der Waals surface area contributed by atoms with E-state index >= 15 is 0 Å². The Morgan fingerprint density at radius 1 is 1.43 bits per heavy atom. The van der Waals surface area contributed by atoms with Crippen molar-refractivity contribution in [2.75, 3.05) is 0 Å². The predicted octanol–water partition coefficient (Wildman–Crippen LogP) is 3.97. The normalized spacial score (nSPS) is 12.3. The number of carbonyl (C=O) groups is 1. The van der Waals surface area contributed by atoms with Crippen LogP contribution < -0.4 is 10.2 Å². The Labute approximate surface area is 136 Å². The maximum absolute atomic E-state index is 11.8. The smallest absolute Gasteiger partial charge is 0.280 e. The monoisotopic (exact) mass is 342 g/mol. The Balaban J connectivity index is 1.90. The topological polar surface area (TPSA) is 50.7 Å². The molecule has 7 heteroatoms. The second kappa shape index (κ2) is 7.45. The third-order valence-corrected chi connectivity index (χ3v) is 3.73. The fraction of sp³-hybridized carbons (Fsp3) is 0.143. The fourth-order valence-corrected chi connectivity index (χ4v) is 2.49. The van der Waals surface area contributed by atoms with Gasteiger partial charge in [-0.15, -0.1) is 0 Å². The third-order valence-electron chi connectivity index (χ3n) is 2.50. The van der Waals surface area contributed by atoms with Crippen LogP contribution in [0, 0.1) is 0 Å². The van der Waals surface area contributed by atoms with Crippen LogP contribution in [0.1, 0.15) is 12.5 Å². The molecule has 0 aliphatic carbocycles. The molecule has 2 rings (SSSR count). The van der Waals surface area contributed by atoms with E-state index in [-0.39, 0.29) is 5.91 Å². The van der Waals surface area contributed by atoms with Crippen molar-refractivity contribution in [2.24, 2.45) is 5.10 Å². The third kappa shape index (κ3) is 4.74. The predicted molar refractivity (Wildman–Crippen MR) is 86.6 cm³/mol. The van der Waals surface area contributed by atoms with E-state index in [0.29, 0.717) is 15.8 Å². The van der Waals surface area contributed by atoms with Crippen LogP contribution >= 0.6 is 34.5 Å². The van der Waals surface area contributed by atoms with Crippen molar-refractivity contribution in [3.05, 3.63) is 50.6 Å². The van der Waals surface area contributed by atoms with Crippen LogP contribution in [-0.2, 0) is 4.79 Å². The summed E-state index contributed by atoms with van der Waals surface area (Å²) in [6.07, 6.45) is 0.833. The van der Waals surface area contributed by atoms with Gasteiger partial charge in [0.25, 0.3) is 5.91 Å². The van der Waals surface area contributed by atoms with Crippen LogP contribution in [0.2, 0.25) is 10.0 Å². The van der Waals surface area contributed by atoms with Crippen molar-refractivity contribution in [2.45, 2.75) is 13.0 Å². The number of hydrazone groups is 1. The zero-order chi connectivity index (χ0) is 15.2. The Bertz CT molecular complexity index is 644. The number of halogens is 2. The van der Waals surface area contributed by atoms with E-state index in [1.807, 2.05) is 16.8 Å². The van der Waals surface area contributed by atoms with E-state index in [9.17, 15) is 4.79 Å². The molecule has 0 saturated carbocycles. The van der Waals surface area contributed by atoms with Gasteiger partial charge in [-0.25, -0.2) is 5.43 Å². The molecule has 0 aliphatic heterocycles. The number of ether oxygens (including phenoxy) is 1. The molecular weight excluding hydrogens is 331 g/mol. The molecule has 2 aromatic rings. The Morgan fingerprint density at radius 2 is 2.24 bits per heavy atom. The number of nitrogens with one attached hydrogen (secondary N) is 1. The van der Waals surface area contributed by atoms with Crippen molar-refractivity contribution < 1.29 is 9.53 Å². The first-order valence-electron chi connectivity index (χ1n) is 6.03. The fourth-order valence-electron chi connectivity index (χ4n) is 1.42. The van der Waals surface area contributed by atoms with Gasteiger partial charge < -0.3 is 4.74 Å². The number of amides is 1. The van der Waals surface area contributed by atoms with Gasteiger partial charge in [-0.1, -0.05) is 23.2 Å². The standard InChI is InChI=1S/C14H12Cl2N2O2S/c1-9(20-13-3-2-11(15)6-12(13)16)14(19)18-17-7-10-4-5-21-8-10/h2-9H,1H3,(H,18,19). The molecule has 0 radical (unpaired) electrons. The molecule has 0 bridgehead atoms. The summed E-state index contributed by atoms with van der Waals surface area (Å²) in [4.78, 5) is 11.8. The second-order valence-electron chi connectivity index (χ2n) is 4.13. The maximum atomic E-state index is 11.8. The average molecular weight is 343 g/mol. The highest BCUT2D eigenvalue weighted by atomic mass is 35.5. The van der Waals surface area contributed by atoms with Crippen LogP contribution in [0.5, 0.6) is 5.75 Å². The van der Waals surface area contributed by atoms with Gasteiger partial charge in [0, 0.05) is 10.6 Å². The summed E-state index contributed by atoms with van der Waals surface area (Å²) in [5, 5.41) is 8.56. The quantitative estimate of drug-likeness (QED) is 0.660. The molecule has 1 amide bonds. The minimum absolute atomic E-state index is 0.351. The molecule has 110 valence electrons. The molecule has 0 aliphatic rings. The first kappa shape index (κ1) is 15.8. The first-order valence-corrected chi connectivity index (χ1v) is 7.73. The molecule has 1 aromatic heterocycles. The van der Waals surface area contributed by atoms with E-state index < -0.39 is 6.10 Å². The first-order chi connectivity index (χ1) is 10.1. The van der Waals surface area contributed by atoms with Gasteiger partial charge >= 0.3 is 0 Å². The average Bonchev–Trinajstić information content (AvgIpc) is 2.95. The molecule has 0 spiro atoms.